The summed E-state index contributed by atoms with van der Waals surface area (Å²) < 4.78 is 7.25. The van der Waals surface area contributed by atoms with E-state index in [0.29, 0.717) is 29.7 Å². The van der Waals surface area contributed by atoms with Gasteiger partial charge in [-0.3, -0.25) is 14.9 Å². The molecule has 0 aliphatic carbocycles. The van der Waals surface area contributed by atoms with Crippen LogP contribution in [0.5, 0.6) is 0 Å². The molecular formula is C30H37Cl2N5O4. The van der Waals surface area contributed by atoms with E-state index >= 15 is 0 Å². The number of aliphatic hydroxyl groups is 1. The molecular weight excluding hydrogens is 565 g/mol. The van der Waals surface area contributed by atoms with Crippen LogP contribution in [-0.4, -0.2) is 75.3 Å². The van der Waals surface area contributed by atoms with Gasteiger partial charge in [-0.25, -0.2) is 4.79 Å². The number of anilines is 1. The summed E-state index contributed by atoms with van der Waals surface area (Å²) in [5, 5.41) is 25.4. The maximum atomic E-state index is 13.5. The van der Waals surface area contributed by atoms with Crippen molar-refractivity contribution in [2.24, 2.45) is 5.92 Å². The van der Waals surface area contributed by atoms with Gasteiger partial charge in [0.1, 0.15) is 11.3 Å². The van der Waals surface area contributed by atoms with Gasteiger partial charge in [-0.1, -0.05) is 36.2 Å². The number of esters is 1. The molecule has 9 nitrogen and oxygen atoms in total. The largest absolute Gasteiger partial charge is 0.455 e. The summed E-state index contributed by atoms with van der Waals surface area (Å²) in [6.07, 6.45) is 2.10. The Bertz CT molecular complexity index is 1450. The van der Waals surface area contributed by atoms with Crippen LogP contribution >= 0.6 is 23.2 Å². The molecule has 0 radical (unpaired) electrons. The Kier molecular flexibility index (Phi) is 9.31. The molecule has 0 spiro atoms. The van der Waals surface area contributed by atoms with Crippen LogP contribution in [0.4, 0.5) is 5.69 Å². The van der Waals surface area contributed by atoms with Gasteiger partial charge in [-0.2, -0.15) is 5.10 Å². The molecule has 2 heterocycles. The van der Waals surface area contributed by atoms with Gasteiger partial charge in [0.05, 0.1) is 36.3 Å². The number of piperazine rings is 1. The van der Waals surface area contributed by atoms with E-state index < -0.39 is 23.5 Å². The Labute approximate surface area is 250 Å². The Morgan fingerprint density at radius 3 is 2.54 bits per heavy atom. The van der Waals surface area contributed by atoms with Crippen LogP contribution in [0.2, 0.25) is 10.0 Å². The smallest absolute Gasteiger partial charge is 0.353 e. The highest BCUT2D eigenvalue weighted by Gasteiger charge is 2.38. The van der Waals surface area contributed by atoms with E-state index in [-0.39, 0.29) is 30.7 Å². The number of rotatable bonds is 8. The molecule has 3 atom stereocenters. The summed E-state index contributed by atoms with van der Waals surface area (Å²) in [5.41, 5.74) is 1.64. The number of hydrogen-bond donors (Lipinski definition) is 2. The van der Waals surface area contributed by atoms with E-state index in [4.69, 9.17) is 33.3 Å². The third-order valence-electron chi connectivity index (χ3n) is 7.38. The van der Waals surface area contributed by atoms with Gasteiger partial charge in [0, 0.05) is 40.8 Å². The van der Waals surface area contributed by atoms with Crippen molar-refractivity contribution >= 4 is 57.4 Å². The van der Waals surface area contributed by atoms with Crippen LogP contribution in [0.1, 0.15) is 52.6 Å². The maximum absolute atomic E-state index is 13.5. The standard InChI is InChI=1S/C30H37Cl2N5O4/c1-6-23(27(33)29(40)41-30(3,4)5)28(39)36-12-11-35(16-22(36)17-38)21-9-7-19-15-34-37(26(19)14-21)18(2)24-10-8-20(31)13-25(24)32/h7-10,13-15,18,22-23,33,38H,6,11-12,16-17H2,1-5H3/t18-,22+,23-/m1/s1. The zero-order valence-corrected chi connectivity index (χ0v) is 25.5. The summed E-state index contributed by atoms with van der Waals surface area (Å²) in [7, 11) is 0. The number of nitrogens with one attached hydrogen (secondary N) is 1. The fraction of sp³-hybridized carbons (Fsp3) is 0.467. The first kappa shape index (κ1) is 30.8. The van der Waals surface area contributed by atoms with Gasteiger partial charge in [-0.05, 0) is 70.0 Å². The Balaban J connectivity index is 1.53. The lowest BCUT2D eigenvalue weighted by Crippen LogP contribution is -2.59. The van der Waals surface area contributed by atoms with E-state index in [2.05, 4.69) is 16.1 Å². The highest BCUT2D eigenvalue weighted by atomic mass is 35.5. The molecule has 1 saturated heterocycles. The van der Waals surface area contributed by atoms with Crippen LogP contribution in [0.25, 0.3) is 10.9 Å². The van der Waals surface area contributed by atoms with Gasteiger partial charge < -0.3 is 19.6 Å². The van der Waals surface area contributed by atoms with Crippen LogP contribution in [0.3, 0.4) is 0 Å². The number of amides is 1. The summed E-state index contributed by atoms with van der Waals surface area (Å²) in [5.74, 6) is -2.07. The van der Waals surface area contributed by atoms with Crippen molar-refractivity contribution in [2.75, 3.05) is 31.1 Å². The molecule has 1 aromatic heterocycles. The minimum absolute atomic E-state index is 0.140. The number of halogens is 2. The van der Waals surface area contributed by atoms with Crippen LogP contribution in [0, 0.1) is 11.3 Å². The average Bonchev–Trinajstić information content (AvgIpc) is 3.35. The fourth-order valence-electron chi connectivity index (χ4n) is 5.22. The van der Waals surface area contributed by atoms with E-state index in [1.54, 1.807) is 38.7 Å². The van der Waals surface area contributed by atoms with Crippen molar-refractivity contribution in [3.8, 4) is 0 Å². The topological polar surface area (TPSA) is 112 Å². The predicted molar refractivity (Wildman–Crippen MR) is 162 cm³/mol. The minimum atomic E-state index is -0.933. The number of benzene rings is 2. The summed E-state index contributed by atoms with van der Waals surface area (Å²) in [4.78, 5) is 29.8. The van der Waals surface area contributed by atoms with Gasteiger partial charge in [0.25, 0.3) is 0 Å². The highest BCUT2D eigenvalue weighted by molar-refractivity contribution is 6.39. The summed E-state index contributed by atoms with van der Waals surface area (Å²) in [6.45, 7) is 9.98. The Hall–Kier alpha value is -3.14. The molecule has 2 aromatic carbocycles. The normalized spacial score (nSPS) is 17.4. The van der Waals surface area contributed by atoms with Gasteiger partial charge in [0.15, 0.2) is 0 Å². The van der Waals surface area contributed by atoms with Gasteiger partial charge in [0.2, 0.25) is 5.91 Å². The Morgan fingerprint density at radius 2 is 1.90 bits per heavy atom. The molecule has 2 N–H and O–H groups in total. The zero-order valence-electron chi connectivity index (χ0n) is 24.0. The number of carbonyl (C=O) groups excluding carboxylic acids is 2. The summed E-state index contributed by atoms with van der Waals surface area (Å²) in [6, 6.07) is 10.9. The highest BCUT2D eigenvalue weighted by Crippen LogP contribution is 2.32. The number of ether oxygens (including phenoxy) is 1. The van der Waals surface area contributed by atoms with E-state index in [1.165, 1.54) is 0 Å². The van der Waals surface area contributed by atoms with E-state index in [1.807, 2.05) is 42.1 Å². The second-order valence-electron chi connectivity index (χ2n) is 11.4. The zero-order chi connectivity index (χ0) is 30.1. The molecule has 1 fully saturated rings. The number of fused-ring (bicyclic) bond motifs is 1. The molecule has 0 saturated carbocycles. The molecule has 41 heavy (non-hydrogen) atoms. The second-order valence-corrected chi connectivity index (χ2v) is 12.2. The van der Waals surface area contributed by atoms with Crippen molar-refractivity contribution in [1.82, 2.24) is 14.7 Å². The van der Waals surface area contributed by atoms with Gasteiger partial charge >= 0.3 is 5.97 Å². The lowest BCUT2D eigenvalue weighted by Gasteiger charge is -2.43. The lowest BCUT2D eigenvalue weighted by molar-refractivity contribution is -0.148. The number of hydrogen-bond acceptors (Lipinski definition) is 7. The van der Waals surface area contributed by atoms with Crippen LogP contribution in [-0.2, 0) is 14.3 Å². The predicted octanol–water partition coefficient (Wildman–Crippen LogP) is 5.35. The van der Waals surface area contributed by atoms with Crippen LogP contribution < -0.4 is 4.90 Å². The quantitative estimate of drug-likeness (QED) is 0.266. The van der Waals surface area contributed by atoms with E-state index in [9.17, 15) is 14.7 Å². The number of aromatic nitrogens is 2. The second kappa shape index (κ2) is 12.4. The fourth-order valence-corrected chi connectivity index (χ4v) is 5.78. The third kappa shape index (κ3) is 6.68. The van der Waals surface area contributed by atoms with Crippen molar-refractivity contribution in [2.45, 2.75) is 58.7 Å². The minimum Gasteiger partial charge on any atom is -0.455 e. The first-order valence-corrected chi connectivity index (χ1v) is 14.5. The SMILES string of the molecule is CC[C@H](C(=N)C(=O)OC(C)(C)C)C(=O)N1CCN(c2ccc3cnn([C@H](C)c4ccc(Cl)cc4Cl)c3c2)C[C@H]1CO. The van der Waals surface area contributed by atoms with Crippen LogP contribution in [0.15, 0.2) is 42.6 Å². The number of carbonyl (C=O) groups is 2. The first-order chi connectivity index (χ1) is 19.3. The monoisotopic (exact) mass is 601 g/mol. The molecule has 3 aromatic rings. The van der Waals surface area contributed by atoms with Crippen molar-refractivity contribution in [1.29, 1.82) is 5.41 Å². The van der Waals surface area contributed by atoms with Crippen molar-refractivity contribution < 1.29 is 19.4 Å². The maximum Gasteiger partial charge on any atom is 0.353 e. The lowest BCUT2D eigenvalue weighted by atomic mass is 9.96. The van der Waals surface area contributed by atoms with Crippen molar-refractivity contribution in [3.05, 3.63) is 58.2 Å². The van der Waals surface area contributed by atoms with E-state index in [0.717, 1.165) is 22.2 Å². The average molecular weight is 603 g/mol. The number of nitrogens with zero attached hydrogens (tertiary/aromatic N) is 4. The third-order valence-corrected chi connectivity index (χ3v) is 7.94. The summed E-state index contributed by atoms with van der Waals surface area (Å²) >= 11 is 12.6. The molecule has 1 amide bonds. The first-order valence-electron chi connectivity index (χ1n) is 13.7. The molecule has 1 aliphatic heterocycles. The van der Waals surface area contributed by atoms with Gasteiger partial charge in [-0.15, -0.1) is 0 Å². The van der Waals surface area contributed by atoms with Crippen molar-refractivity contribution in [3.63, 3.8) is 0 Å². The molecule has 0 unspecified atom stereocenters. The molecule has 0 bridgehead atoms. The molecule has 11 heteroatoms. The Morgan fingerprint density at radius 1 is 1.17 bits per heavy atom. The molecule has 1 aliphatic rings. The molecule has 4 rings (SSSR count). The number of aliphatic hydroxyl groups excluding tert-OH is 1. The molecule has 220 valence electrons.